The molecular formula is C12H18N2O12. The predicted octanol–water partition coefficient (Wildman–Crippen LogP) is -2.79. The summed E-state index contributed by atoms with van der Waals surface area (Å²) in [5.74, 6) is -2.04. The van der Waals surface area contributed by atoms with E-state index < -0.39 is 85.0 Å². The molecular weight excluding hydrogens is 364 g/mol. The molecule has 0 bridgehead atoms. The van der Waals surface area contributed by atoms with Gasteiger partial charge < -0.3 is 29.5 Å². The lowest BCUT2D eigenvalue weighted by Gasteiger charge is -2.39. The zero-order valence-corrected chi connectivity index (χ0v) is 13.3. The van der Waals surface area contributed by atoms with Gasteiger partial charge in [0.15, 0.2) is 12.4 Å². The van der Waals surface area contributed by atoms with Crippen LogP contribution in [-0.2, 0) is 23.8 Å². The molecule has 26 heavy (non-hydrogen) atoms. The van der Waals surface area contributed by atoms with Crippen molar-refractivity contribution in [1.29, 1.82) is 0 Å². The topological polar surface area (TPSA) is 209 Å². The minimum absolute atomic E-state index is 0.516. The average Bonchev–Trinajstić information content (AvgIpc) is 2.56. The van der Waals surface area contributed by atoms with Crippen molar-refractivity contribution in [3.8, 4) is 0 Å². The van der Waals surface area contributed by atoms with Gasteiger partial charge in [0.25, 0.3) is 0 Å². The second-order valence-electron chi connectivity index (χ2n) is 5.30. The third-order valence-corrected chi connectivity index (χ3v) is 3.34. The Bertz CT molecular complexity index is 538. The van der Waals surface area contributed by atoms with Crippen molar-refractivity contribution >= 4 is 11.9 Å². The number of carbonyl (C=O) groups is 2. The first-order valence-corrected chi connectivity index (χ1v) is 7.40. The monoisotopic (exact) mass is 382 g/mol. The lowest BCUT2D eigenvalue weighted by molar-refractivity contribution is -0.479. The van der Waals surface area contributed by atoms with Crippen LogP contribution in [0.2, 0.25) is 0 Å². The molecule has 0 aliphatic carbocycles. The summed E-state index contributed by atoms with van der Waals surface area (Å²) in [7, 11) is 0. The SMILES string of the molecule is O=C(CC[N+](=O)[O-])OC[C@H]1O[C@@H](O)[C@H](OC(=O)CC[N+](=O)[O-])[C@@H](O)[C@@H]1O. The smallest absolute Gasteiger partial charge is 0.313 e. The predicted molar refractivity (Wildman–Crippen MR) is 76.7 cm³/mol. The van der Waals surface area contributed by atoms with Crippen molar-refractivity contribution in [2.45, 2.75) is 43.5 Å². The van der Waals surface area contributed by atoms with Gasteiger partial charge in [-0.25, -0.2) is 0 Å². The fourth-order valence-corrected chi connectivity index (χ4v) is 2.01. The number of rotatable bonds is 9. The number of hydrogen-bond acceptors (Lipinski definition) is 12. The van der Waals surface area contributed by atoms with Crippen LogP contribution in [-0.4, -0.2) is 87.5 Å². The summed E-state index contributed by atoms with van der Waals surface area (Å²) in [6.07, 6.45) is -9.65. The lowest BCUT2D eigenvalue weighted by atomic mass is 9.99. The highest BCUT2D eigenvalue weighted by Crippen LogP contribution is 2.23. The Morgan fingerprint density at radius 2 is 1.50 bits per heavy atom. The number of hydrogen-bond donors (Lipinski definition) is 3. The number of aliphatic hydroxyl groups excluding tert-OH is 3. The van der Waals surface area contributed by atoms with E-state index in [9.17, 15) is 45.1 Å². The summed E-state index contributed by atoms with van der Waals surface area (Å²) in [4.78, 5) is 41.6. The molecule has 1 aliphatic rings. The Morgan fingerprint density at radius 1 is 0.962 bits per heavy atom. The Morgan fingerprint density at radius 3 is 2.04 bits per heavy atom. The quantitative estimate of drug-likeness (QED) is 0.210. The van der Waals surface area contributed by atoms with Gasteiger partial charge in [0, 0.05) is 9.85 Å². The molecule has 0 spiro atoms. The van der Waals surface area contributed by atoms with Gasteiger partial charge in [0.05, 0.1) is 0 Å². The van der Waals surface area contributed by atoms with E-state index in [1.807, 2.05) is 0 Å². The van der Waals surface area contributed by atoms with E-state index in [0.717, 1.165) is 0 Å². The molecule has 14 heteroatoms. The molecule has 1 saturated heterocycles. The van der Waals surface area contributed by atoms with Crippen molar-refractivity contribution in [3.05, 3.63) is 20.2 Å². The summed E-state index contributed by atoms with van der Waals surface area (Å²) in [5, 5.41) is 49.9. The average molecular weight is 382 g/mol. The molecule has 0 saturated carbocycles. The zero-order chi connectivity index (χ0) is 19.9. The Hall–Kier alpha value is -2.42. The molecule has 0 amide bonds. The van der Waals surface area contributed by atoms with Crippen LogP contribution in [0.3, 0.4) is 0 Å². The van der Waals surface area contributed by atoms with E-state index in [1.54, 1.807) is 0 Å². The molecule has 14 nitrogen and oxygen atoms in total. The fourth-order valence-electron chi connectivity index (χ4n) is 2.01. The maximum atomic E-state index is 11.4. The van der Waals surface area contributed by atoms with Gasteiger partial charge in [-0.05, 0) is 0 Å². The Kier molecular flexibility index (Phi) is 8.24. The van der Waals surface area contributed by atoms with Crippen molar-refractivity contribution in [2.24, 2.45) is 0 Å². The molecule has 0 aromatic rings. The van der Waals surface area contributed by atoms with Gasteiger partial charge in [-0.2, -0.15) is 0 Å². The highest BCUT2D eigenvalue weighted by atomic mass is 16.7. The van der Waals surface area contributed by atoms with E-state index in [2.05, 4.69) is 9.47 Å². The summed E-state index contributed by atoms with van der Waals surface area (Å²) < 4.78 is 14.2. The number of esters is 2. The first-order chi connectivity index (χ1) is 12.1. The second kappa shape index (κ2) is 9.91. The first-order valence-electron chi connectivity index (χ1n) is 7.40. The van der Waals surface area contributed by atoms with Gasteiger partial charge in [-0.1, -0.05) is 0 Å². The number of carbonyl (C=O) groups excluding carboxylic acids is 2. The second-order valence-corrected chi connectivity index (χ2v) is 5.30. The summed E-state index contributed by atoms with van der Waals surface area (Å²) in [6, 6.07) is 0. The van der Waals surface area contributed by atoms with Gasteiger partial charge in [-0.15, -0.1) is 0 Å². The number of aliphatic hydroxyl groups is 3. The van der Waals surface area contributed by atoms with E-state index in [4.69, 9.17) is 4.74 Å². The van der Waals surface area contributed by atoms with Gasteiger partial charge >= 0.3 is 11.9 Å². The van der Waals surface area contributed by atoms with Crippen molar-refractivity contribution in [1.82, 2.24) is 0 Å². The first kappa shape index (κ1) is 21.6. The third kappa shape index (κ3) is 6.83. The molecule has 1 rings (SSSR count). The molecule has 1 heterocycles. The lowest BCUT2D eigenvalue weighted by Crippen LogP contribution is -2.60. The van der Waals surface area contributed by atoms with Crippen LogP contribution in [0.5, 0.6) is 0 Å². The molecule has 0 aromatic carbocycles. The molecule has 3 N–H and O–H groups in total. The molecule has 1 aliphatic heterocycles. The van der Waals surface area contributed by atoms with Crippen LogP contribution < -0.4 is 0 Å². The standard InChI is InChI=1S/C12H18N2O12/c15-7(1-3-13(20)21)24-5-6-9(17)10(18)11(12(19)25-6)26-8(16)2-4-14(22)23/h6,9-12,17-19H,1-5H2/t6-,9-,10+,11-,12-/m1/s1. The van der Waals surface area contributed by atoms with Crippen LogP contribution in [0.1, 0.15) is 12.8 Å². The van der Waals surface area contributed by atoms with Crippen LogP contribution in [0.4, 0.5) is 0 Å². The fraction of sp³-hybridized carbons (Fsp3) is 0.833. The van der Waals surface area contributed by atoms with Gasteiger partial charge in [0.2, 0.25) is 13.1 Å². The largest absolute Gasteiger partial charge is 0.463 e. The Balaban J connectivity index is 2.52. The number of ether oxygens (including phenoxy) is 3. The van der Waals surface area contributed by atoms with E-state index in [1.165, 1.54) is 0 Å². The number of nitro groups is 2. The third-order valence-electron chi connectivity index (χ3n) is 3.34. The van der Waals surface area contributed by atoms with E-state index in [0.29, 0.717) is 0 Å². The van der Waals surface area contributed by atoms with Crippen molar-refractivity contribution in [2.75, 3.05) is 19.7 Å². The van der Waals surface area contributed by atoms with Crippen LogP contribution in [0.25, 0.3) is 0 Å². The molecule has 148 valence electrons. The Labute approximate surface area is 145 Å². The minimum Gasteiger partial charge on any atom is -0.463 e. The zero-order valence-electron chi connectivity index (χ0n) is 13.3. The highest BCUT2D eigenvalue weighted by molar-refractivity contribution is 5.70. The van der Waals surface area contributed by atoms with E-state index in [-0.39, 0.29) is 0 Å². The minimum atomic E-state index is -1.89. The number of nitrogens with zero attached hydrogens (tertiary/aromatic N) is 2. The highest BCUT2D eigenvalue weighted by Gasteiger charge is 2.46. The van der Waals surface area contributed by atoms with Crippen LogP contribution in [0, 0.1) is 20.2 Å². The van der Waals surface area contributed by atoms with Crippen molar-refractivity contribution < 1.29 is 49.0 Å². The maximum absolute atomic E-state index is 11.4. The summed E-state index contributed by atoms with van der Waals surface area (Å²) >= 11 is 0. The van der Waals surface area contributed by atoms with Gasteiger partial charge in [-0.3, -0.25) is 29.8 Å². The molecule has 0 radical (unpaired) electrons. The molecule has 0 unspecified atom stereocenters. The van der Waals surface area contributed by atoms with Crippen molar-refractivity contribution in [3.63, 3.8) is 0 Å². The molecule has 5 atom stereocenters. The normalized spacial score (nSPS) is 28.2. The van der Waals surface area contributed by atoms with Gasteiger partial charge in [0.1, 0.15) is 37.8 Å². The summed E-state index contributed by atoms with van der Waals surface area (Å²) in [6.45, 7) is -1.99. The molecule has 1 fully saturated rings. The van der Waals surface area contributed by atoms with E-state index >= 15 is 0 Å². The maximum Gasteiger partial charge on any atom is 0.313 e. The molecule has 0 aromatic heterocycles. The summed E-state index contributed by atoms with van der Waals surface area (Å²) in [5.41, 5.74) is 0. The van der Waals surface area contributed by atoms with Crippen LogP contribution in [0.15, 0.2) is 0 Å². The van der Waals surface area contributed by atoms with Crippen LogP contribution >= 0.6 is 0 Å².